The van der Waals surface area contributed by atoms with Crippen molar-refractivity contribution < 1.29 is 9.90 Å². The number of hydrogen-bond donors (Lipinski definition) is 2. The van der Waals surface area contributed by atoms with Crippen molar-refractivity contribution >= 4 is 23.3 Å². The fraction of sp³-hybridized carbons (Fsp3) is 0.522. The number of likely N-dealkylation sites (tertiary alicyclic amines) is 1. The molecule has 1 saturated heterocycles. The number of amides is 1. The van der Waals surface area contributed by atoms with Crippen LogP contribution >= 0.6 is 11.3 Å². The number of fused-ring (bicyclic) bond motifs is 3. The lowest BCUT2D eigenvalue weighted by Gasteiger charge is -2.30. The van der Waals surface area contributed by atoms with Gasteiger partial charge in [0, 0.05) is 54.4 Å². The monoisotopic (exact) mass is 440 g/mol. The summed E-state index contributed by atoms with van der Waals surface area (Å²) in [5, 5.41) is 16.3. The van der Waals surface area contributed by atoms with Crippen LogP contribution in [0, 0.1) is 17.8 Å². The van der Waals surface area contributed by atoms with Gasteiger partial charge in [0.15, 0.2) is 0 Å². The molecule has 0 aromatic carbocycles. The molecule has 7 nitrogen and oxygen atoms in total. The second-order valence-electron chi connectivity index (χ2n) is 8.82. The molecule has 2 aromatic rings. The lowest BCUT2D eigenvalue weighted by Crippen LogP contribution is -2.48. The van der Waals surface area contributed by atoms with E-state index >= 15 is 0 Å². The van der Waals surface area contributed by atoms with E-state index in [-0.39, 0.29) is 36.0 Å². The van der Waals surface area contributed by atoms with E-state index in [1.165, 1.54) is 12.8 Å². The number of aromatic nitrogens is 2. The van der Waals surface area contributed by atoms with E-state index in [1.807, 2.05) is 41.2 Å². The Labute approximate surface area is 185 Å². The fourth-order valence-electron chi connectivity index (χ4n) is 5.27. The van der Waals surface area contributed by atoms with Gasteiger partial charge in [-0.2, -0.15) is 0 Å². The third-order valence-corrected chi connectivity index (χ3v) is 7.66. The SMILES string of the molecule is CC=Cc1ccc2n(c1=O)C[C@H]1[C@H](CO)[C@@H](C(=O)NCC3CC3)N(Cc3nccs3)[C@@H]21. The van der Waals surface area contributed by atoms with E-state index in [4.69, 9.17) is 0 Å². The van der Waals surface area contributed by atoms with Crippen LogP contribution < -0.4 is 10.9 Å². The highest BCUT2D eigenvalue weighted by Crippen LogP contribution is 2.49. The van der Waals surface area contributed by atoms with Crippen LogP contribution in [0.25, 0.3) is 6.08 Å². The number of hydrogen-bond acceptors (Lipinski definition) is 6. The Hall–Kier alpha value is -2.29. The van der Waals surface area contributed by atoms with Crippen molar-refractivity contribution in [1.82, 2.24) is 19.8 Å². The molecule has 1 aliphatic carbocycles. The third-order valence-electron chi connectivity index (χ3n) is 6.90. The molecule has 31 heavy (non-hydrogen) atoms. The zero-order valence-corrected chi connectivity index (χ0v) is 18.4. The maximum absolute atomic E-state index is 13.3. The molecule has 1 saturated carbocycles. The number of rotatable bonds is 7. The largest absolute Gasteiger partial charge is 0.396 e. The van der Waals surface area contributed by atoms with Gasteiger partial charge < -0.3 is 15.0 Å². The fourth-order valence-corrected chi connectivity index (χ4v) is 5.89. The molecule has 164 valence electrons. The predicted molar refractivity (Wildman–Crippen MR) is 119 cm³/mol. The number of pyridine rings is 1. The number of nitrogens with zero attached hydrogens (tertiary/aromatic N) is 3. The average molecular weight is 441 g/mol. The minimum absolute atomic E-state index is 0.00868. The first-order chi connectivity index (χ1) is 15.1. The number of thiazole rings is 1. The Bertz CT molecular complexity index is 1040. The third kappa shape index (κ3) is 3.66. The molecule has 2 N–H and O–H groups in total. The molecule has 5 rings (SSSR count). The Morgan fingerprint density at radius 2 is 2.23 bits per heavy atom. The van der Waals surface area contributed by atoms with Gasteiger partial charge in [0.25, 0.3) is 5.56 Å². The molecule has 2 aliphatic heterocycles. The Kier molecular flexibility index (Phi) is 5.54. The number of carbonyl (C=O) groups excluding carboxylic acids is 1. The number of aliphatic hydroxyl groups is 1. The molecule has 0 bridgehead atoms. The van der Waals surface area contributed by atoms with Crippen LogP contribution in [0.3, 0.4) is 0 Å². The molecule has 3 aliphatic rings. The summed E-state index contributed by atoms with van der Waals surface area (Å²) in [6, 6.07) is 3.36. The number of carbonyl (C=O) groups is 1. The van der Waals surface area contributed by atoms with Crippen LogP contribution in [0.1, 0.15) is 42.1 Å². The number of aliphatic hydroxyl groups excluding tert-OH is 1. The lowest BCUT2D eigenvalue weighted by molar-refractivity contribution is -0.128. The first-order valence-corrected chi connectivity index (χ1v) is 11.9. The number of nitrogens with one attached hydrogen (secondary N) is 1. The Morgan fingerprint density at radius 1 is 1.39 bits per heavy atom. The van der Waals surface area contributed by atoms with Crippen molar-refractivity contribution in [2.45, 2.75) is 44.9 Å². The van der Waals surface area contributed by atoms with Gasteiger partial charge in [0.2, 0.25) is 5.91 Å². The molecule has 2 aromatic heterocycles. The topological polar surface area (TPSA) is 87.5 Å². The quantitative estimate of drug-likeness (QED) is 0.688. The minimum Gasteiger partial charge on any atom is -0.396 e. The first kappa shape index (κ1) is 20.6. The normalized spacial score (nSPS) is 27.5. The molecule has 4 heterocycles. The van der Waals surface area contributed by atoms with Crippen LogP contribution in [0.15, 0.2) is 34.6 Å². The van der Waals surface area contributed by atoms with Crippen molar-refractivity contribution in [3.63, 3.8) is 0 Å². The van der Waals surface area contributed by atoms with Crippen molar-refractivity contribution in [2.24, 2.45) is 17.8 Å². The van der Waals surface area contributed by atoms with Crippen LogP contribution in [0.2, 0.25) is 0 Å². The van der Waals surface area contributed by atoms with Gasteiger partial charge in [-0.05, 0) is 37.8 Å². The molecule has 4 atom stereocenters. The summed E-state index contributed by atoms with van der Waals surface area (Å²) in [6.07, 6.45) is 7.82. The Balaban J connectivity index is 1.52. The standard InChI is InChI=1S/C23H28N4O3S/c1-2-3-15-6-7-18-20-16(11-26(18)23(15)30)17(13-28)21(22(29)25-10-14-4-5-14)27(20)12-19-24-8-9-31-19/h2-3,6-9,14,16-17,20-21,28H,4-5,10-13H2,1H3,(H,25,29)/t16-,17-,20+,21-/m0/s1. The lowest BCUT2D eigenvalue weighted by atomic mass is 9.88. The van der Waals surface area contributed by atoms with E-state index < -0.39 is 6.04 Å². The maximum Gasteiger partial charge on any atom is 0.258 e. The summed E-state index contributed by atoms with van der Waals surface area (Å²) >= 11 is 1.56. The van der Waals surface area contributed by atoms with Crippen LogP contribution in [0.4, 0.5) is 0 Å². The highest BCUT2D eigenvalue weighted by Gasteiger charge is 2.55. The molecule has 8 heteroatoms. The molecule has 0 spiro atoms. The molecular formula is C23H28N4O3S. The van der Waals surface area contributed by atoms with E-state index in [1.54, 1.807) is 17.5 Å². The summed E-state index contributed by atoms with van der Waals surface area (Å²) in [5.41, 5.74) is 1.58. The highest BCUT2D eigenvalue weighted by molar-refractivity contribution is 7.09. The minimum atomic E-state index is -0.429. The van der Waals surface area contributed by atoms with Crippen molar-refractivity contribution in [3.8, 4) is 0 Å². The van der Waals surface area contributed by atoms with E-state index in [0.29, 0.717) is 31.1 Å². The maximum atomic E-state index is 13.3. The second kappa shape index (κ2) is 8.33. The first-order valence-electron chi connectivity index (χ1n) is 11.0. The molecular weight excluding hydrogens is 412 g/mol. The van der Waals surface area contributed by atoms with E-state index in [2.05, 4.69) is 15.2 Å². The smallest absolute Gasteiger partial charge is 0.258 e. The van der Waals surface area contributed by atoms with Crippen molar-refractivity contribution in [3.05, 3.63) is 56.4 Å². The van der Waals surface area contributed by atoms with E-state index in [9.17, 15) is 14.7 Å². The predicted octanol–water partition coefficient (Wildman–Crippen LogP) is 2.03. The van der Waals surface area contributed by atoms with Gasteiger partial charge in [0.1, 0.15) is 5.01 Å². The van der Waals surface area contributed by atoms with Crippen molar-refractivity contribution in [2.75, 3.05) is 13.2 Å². The molecule has 0 unspecified atom stereocenters. The molecule has 0 radical (unpaired) electrons. The summed E-state index contributed by atoms with van der Waals surface area (Å²) in [6.45, 7) is 3.57. The van der Waals surface area contributed by atoms with Gasteiger partial charge in [-0.25, -0.2) is 4.98 Å². The van der Waals surface area contributed by atoms with Gasteiger partial charge in [-0.1, -0.05) is 12.2 Å². The molecule has 1 amide bonds. The van der Waals surface area contributed by atoms with Crippen molar-refractivity contribution in [1.29, 1.82) is 0 Å². The van der Waals surface area contributed by atoms with Gasteiger partial charge >= 0.3 is 0 Å². The average Bonchev–Trinajstić information content (AvgIpc) is 3.18. The Morgan fingerprint density at radius 3 is 2.90 bits per heavy atom. The summed E-state index contributed by atoms with van der Waals surface area (Å²) in [7, 11) is 0. The van der Waals surface area contributed by atoms with Gasteiger partial charge in [-0.15, -0.1) is 11.3 Å². The zero-order chi connectivity index (χ0) is 21.5. The summed E-state index contributed by atoms with van der Waals surface area (Å²) in [5.74, 6) is 0.356. The van der Waals surface area contributed by atoms with Crippen LogP contribution in [-0.4, -0.2) is 44.7 Å². The van der Waals surface area contributed by atoms with E-state index in [0.717, 1.165) is 10.7 Å². The van der Waals surface area contributed by atoms with Gasteiger partial charge in [-0.3, -0.25) is 14.5 Å². The second-order valence-corrected chi connectivity index (χ2v) is 9.80. The summed E-state index contributed by atoms with van der Waals surface area (Å²) < 4.78 is 1.83. The number of allylic oxidation sites excluding steroid dienone is 1. The highest BCUT2D eigenvalue weighted by atomic mass is 32.1. The zero-order valence-electron chi connectivity index (χ0n) is 17.6. The molecule has 2 fully saturated rings. The van der Waals surface area contributed by atoms with Crippen LogP contribution in [-0.2, 0) is 17.9 Å². The van der Waals surface area contributed by atoms with Crippen LogP contribution in [0.5, 0.6) is 0 Å². The summed E-state index contributed by atoms with van der Waals surface area (Å²) in [4.78, 5) is 32.9. The van der Waals surface area contributed by atoms with Gasteiger partial charge in [0.05, 0.1) is 18.6 Å².